The molecule has 0 radical (unpaired) electrons. The molecule has 23 heavy (non-hydrogen) atoms. The number of hydrogen-bond acceptors (Lipinski definition) is 3. The fourth-order valence-electron chi connectivity index (χ4n) is 3.16. The van der Waals surface area contributed by atoms with Crippen LogP contribution in [0, 0.1) is 0 Å². The van der Waals surface area contributed by atoms with Crippen LogP contribution in [0.5, 0.6) is 0 Å². The summed E-state index contributed by atoms with van der Waals surface area (Å²) in [4.78, 5) is 24.7. The van der Waals surface area contributed by atoms with Crippen LogP contribution in [0.4, 0.5) is 10.5 Å². The molecule has 0 spiro atoms. The summed E-state index contributed by atoms with van der Waals surface area (Å²) in [6.07, 6.45) is 3.73. The van der Waals surface area contributed by atoms with E-state index in [-0.39, 0.29) is 18.1 Å². The second-order valence-electron chi connectivity index (χ2n) is 6.21. The Morgan fingerprint density at radius 3 is 2.96 bits per heavy atom. The summed E-state index contributed by atoms with van der Waals surface area (Å²) in [5, 5.41) is 2.69. The molecular formula is C18H22N2O3. The first-order valence-corrected chi connectivity index (χ1v) is 8.08. The Balaban J connectivity index is 1.78. The van der Waals surface area contributed by atoms with E-state index in [1.165, 1.54) is 18.9 Å². The van der Waals surface area contributed by atoms with Gasteiger partial charge in [0.05, 0.1) is 13.1 Å². The highest BCUT2D eigenvalue weighted by molar-refractivity contribution is 5.90. The van der Waals surface area contributed by atoms with E-state index in [1.807, 2.05) is 12.1 Å². The minimum Gasteiger partial charge on any atom is -0.442 e. The first kappa shape index (κ1) is 15.6. The van der Waals surface area contributed by atoms with Crippen molar-refractivity contribution < 1.29 is 14.3 Å². The number of anilines is 1. The molecule has 1 aliphatic heterocycles. The van der Waals surface area contributed by atoms with Gasteiger partial charge in [-0.3, -0.25) is 9.69 Å². The molecule has 122 valence electrons. The van der Waals surface area contributed by atoms with E-state index in [1.54, 1.807) is 4.90 Å². The number of carbonyl (C=O) groups is 2. The third-order valence-electron chi connectivity index (χ3n) is 4.41. The topological polar surface area (TPSA) is 58.6 Å². The number of hydrogen-bond donors (Lipinski definition) is 1. The van der Waals surface area contributed by atoms with E-state index >= 15 is 0 Å². The van der Waals surface area contributed by atoms with Crippen LogP contribution in [0.3, 0.4) is 0 Å². The molecule has 0 saturated carbocycles. The van der Waals surface area contributed by atoms with E-state index < -0.39 is 0 Å². The number of aryl methyl sites for hydroxylation is 1. The predicted molar refractivity (Wildman–Crippen MR) is 89.3 cm³/mol. The van der Waals surface area contributed by atoms with Gasteiger partial charge in [-0.2, -0.15) is 0 Å². The van der Waals surface area contributed by atoms with Crippen LogP contribution >= 0.6 is 0 Å². The quantitative estimate of drug-likeness (QED) is 0.873. The molecule has 0 bridgehead atoms. The largest absolute Gasteiger partial charge is 0.442 e. The van der Waals surface area contributed by atoms with E-state index in [0.717, 1.165) is 36.1 Å². The smallest absolute Gasteiger partial charge is 0.414 e. The Hall–Kier alpha value is -2.30. The first-order valence-electron chi connectivity index (χ1n) is 8.08. The molecule has 1 N–H and O–H groups in total. The Morgan fingerprint density at radius 2 is 2.17 bits per heavy atom. The summed E-state index contributed by atoms with van der Waals surface area (Å²) >= 11 is 0. The molecule has 5 heteroatoms. The Bertz CT molecular complexity index is 654. The average Bonchev–Trinajstić information content (AvgIpc) is 2.80. The van der Waals surface area contributed by atoms with Gasteiger partial charge < -0.3 is 10.1 Å². The molecular weight excluding hydrogens is 292 g/mol. The molecule has 5 nitrogen and oxygen atoms in total. The van der Waals surface area contributed by atoms with Crippen molar-refractivity contribution in [3.63, 3.8) is 0 Å². The second kappa shape index (κ2) is 6.44. The van der Waals surface area contributed by atoms with Crippen molar-refractivity contribution in [3.05, 3.63) is 35.9 Å². The summed E-state index contributed by atoms with van der Waals surface area (Å²) in [6.45, 7) is 6.43. The first-order chi connectivity index (χ1) is 11.0. The van der Waals surface area contributed by atoms with E-state index in [9.17, 15) is 9.59 Å². The fourth-order valence-corrected chi connectivity index (χ4v) is 3.16. The maximum absolute atomic E-state index is 12.1. The third-order valence-corrected chi connectivity index (χ3v) is 4.41. The molecule has 1 aromatic carbocycles. The molecule has 2 amide bonds. The highest BCUT2D eigenvalue weighted by Crippen LogP contribution is 2.32. The molecule has 0 unspecified atom stereocenters. The number of ether oxygens (including phenoxy) is 1. The Labute approximate surface area is 136 Å². The van der Waals surface area contributed by atoms with Crippen LogP contribution in [0.2, 0.25) is 0 Å². The summed E-state index contributed by atoms with van der Waals surface area (Å²) in [5.74, 6) is -0.124. The van der Waals surface area contributed by atoms with Gasteiger partial charge in [0.15, 0.2) is 0 Å². The molecule has 1 saturated heterocycles. The van der Waals surface area contributed by atoms with Crippen LogP contribution in [0.1, 0.15) is 37.3 Å². The number of rotatable bonds is 3. The summed E-state index contributed by atoms with van der Waals surface area (Å²) in [5.41, 5.74) is 4.44. The molecule has 2 aliphatic rings. The monoisotopic (exact) mass is 314 g/mol. The number of fused-ring (bicyclic) bond motifs is 1. The van der Waals surface area contributed by atoms with Crippen molar-refractivity contribution in [1.29, 1.82) is 0 Å². The minimum absolute atomic E-state index is 0.124. The number of cyclic esters (lactones) is 1. The summed E-state index contributed by atoms with van der Waals surface area (Å²) < 4.78 is 5.32. The van der Waals surface area contributed by atoms with Gasteiger partial charge >= 0.3 is 6.09 Å². The molecule has 1 fully saturated rings. The van der Waals surface area contributed by atoms with Crippen molar-refractivity contribution in [3.8, 4) is 0 Å². The lowest BCUT2D eigenvalue weighted by Gasteiger charge is -2.16. The Morgan fingerprint density at radius 1 is 1.39 bits per heavy atom. The fraction of sp³-hybridized carbons (Fsp3) is 0.444. The van der Waals surface area contributed by atoms with Gasteiger partial charge in [0.2, 0.25) is 5.91 Å². The summed E-state index contributed by atoms with van der Waals surface area (Å²) in [6, 6.07) is 6.11. The number of amides is 2. The molecule has 3 rings (SSSR count). The maximum Gasteiger partial charge on any atom is 0.414 e. The highest BCUT2D eigenvalue weighted by atomic mass is 16.6. The van der Waals surface area contributed by atoms with Crippen LogP contribution < -0.4 is 10.2 Å². The van der Waals surface area contributed by atoms with Crippen molar-refractivity contribution in [2.45, 2.75) is 38.7 Å². The van der Waals surface area contributed by atoms with Crippen molar-refractivity contribution in [2.24, 2.45) is 0 Å². The van der Waals surface area contributed by atoms with Gasteiger partial charge in [0, 0.05) is 12.6 Å². The van der Waals surface area contributed by atoms with Crippen LogP contribution in [-0.4, -0.2) is 31.2 Å². The molecule has 1 aromatic rings. The zero-order valence-electron chi connectivity index (χ0n) is 13.4. The normalized spacial score (nSPS) is 20.7. The van der Waals surface area contributed by atoms with Gasteiger partial charge in [-0.1, -0.05) is 12.6 Å². The second-order valence-corrected chi connectivity index (χ2v) is 6.21. The highest BCUT2D eigenvalue weighted by Gasteiger charge is 2.32. The zero-order chi connectivity index (χ0) is 16.4. The zero-order valence-corrected chi connectivity index (χ0v) is 13.4. The number of carbonyl (C=O) groups excluding carboxylic acids is 2. The number of nitrogens with one attached hydrogen (secondary N) is 1. The van der Waals surface area contributed by atoms with Gasteiger partial charge in [-0.15, -0.1) is 0 Å². The average molecular weight is 314 g/mol. The van der Waals surface area contributed by atoms with E-state index in [4.69, 9.17) is 4.74 Å². The van der Waals surface area contributed by atoms with Gasteiger partial charge in [0.25, 0.3) is 0 Å². The minimum atomic E-state index is -0.362. The van der Waals surface area contributed by atoms with E-state index in [2.05, 4.69) is 18.0 Å². The third kappa shape index (κ3) is 3.38. The summed E-state index contributed by atoms with van der Waals surface area (Å²) in [7, 11) is 0. The number of nitrogens with zero attached hydrogens (tertiary/aromatic N) is 1. The lowest BCUT2D eigenvalue weighted by atomic mass is 9.98. The van der Waals surface area contributed by atoms with Crippen LogP contribution in [0.25, 0.3) is 5.57 Å². The van der Waals surface area contributed by atoms with Gasteiger partial charge in [-0.05, 0) is 54.5 Å². The van der Waals surface area contributed by atoms with Crippen molar-refractivity contribution >= 4 is 23.3 Å². The lowest BCUT2D eigenvalue weighted by Crippen LogP contribution is -2.33. The molecule has 0 aromatic heterocycles. The van der Waals surface area contributed by atoms with Gasteiger partial charge in [0.1, 0.15) is 6.10 Å². The standard InChI is InChI=1S/C18H22N2O3/c1-12-5-3-4-6-14-7-8-15(9-17(12)14)20-11-16(23-18(20)22)10-19-13(2)21/h7-9,16H,1,3-6,10-11H2,2H3,(H,19,21)/t16-/m0/s1. The molecule has 1 atom stereocenters. The van der Waals surface area contributed by atoms with Crippen LogP contribution in [-0.2, 0) is 16.0 Å². The Kier molecular flexibility index (Phi) is 4.37. The van der Waals surface area contributed by atoms with E-state index in [0.29, 0.717) is 13.1 Å². The van der Waals surface area contributed by atoms with Crippen molar-refractivity contribution in [2.75, 3.05) is 18.0 Å². The SMILES string of the molecule is C=C1CCCCc2ccc(N3C[C@H](CNC(C)=O)OC3=O)cc21. The predicted octanol–water partition coefficient (Wildman–Crippen LogP) is 2.89. The number of allylic oxidation sites excluding steroid dienone is 1. The van der Waals surface area contributed by atoms with Crippen LogP contribution in [0.15, 0.2) is 24.8 Å². The number of benzene rings is 1. The molecule has 1 aliphatic carbocycles. The van der Waals surface area contributed by atoms with Crippen molar-refractivity contribution in [1.82, 2.24) is 5.32 Å². The van der Waals surface area contributed by atoms with Gasteiger partial charge in [-0.25, -0.2) is 4.79 Å². The lowest BCUT2D eigenvalue weighted by molar-refractivity contribution is -0.119. The molecule has 1 heterocycles. The maximum atomic E-state index is 12.1.